The van der Waals surface area contributed by atoms with Crippen LogP contribution in [-0.2, 0) is 4.79 Å². The Morgan fingerprint density at radius 1 is 1.17 bits per heavy atom. The van der Waals surface area contributed by atoms with E-state index in [1.807, 2.05) is 6.07 Å². The van der Waals surface area contributed by atoms with Crippen LogP contribution in [-0.4, -0.2) is 26.8 Å². The molecule has 24 heavy (non-hydrogen) atoms. The summed E-state index contributed by atoms with van der Waals surface area (Å²) in [6.45, 7) is 0. The van der Waals surface area contributed by atoms with Crippen LogP contribution in [0.5, 0.6) is 0 Å². The van der Waals surface area contributed by atoms with E-state index < -0.39 is 0 Å². The van der Waals surface area contributed by atoms with E-state index in [4.69, 9.17) is 27.6 Å². The number of aromatic nitrogens is 3. The smallest absolute Gasteiger partial charge is 0.277 e. The van der Waals surface area contributed by atoms with E-state index in [2.05, 4.69) is 20.5 Å². The van der Waals surface area contributed by atoms with Gasteiger partial charge in [-0.3, -0.25) is 9.78 Å². The largest absolute Gasteiger partial charge is 0.410 e. The molecule has 2 heterocycles. The second-order valence-corrected chi connectivity index (χ2v) is 6.24. The third-order valence-corrected chi connectivity index (χ3v) is 4.48. The van der Waals surface area contributed by atoms with Crippen molar-refractivity contribution >= 4 is 46.6 Å². The van der Waals surface area contributed by atoms with E-state index in [1.165, 1.54) is 0 Å². The number of carbonyl (C=O) groups excluding carboxylic acids is 1. The minimum absolute atomic E-state index is 0.0900. The fourth-order valence-electron chi connectivity index (χ4n) is 1.77. The van der Waals surface area contributed by atoms with Gasteiger partial charge >= 0.3 is 0 Å². The molecule has 0 fully saturated rings. The Hall–Kier alpha value is -2.09. The van der Waals surface area contributed by atoms with Gasteiger partial charge in [0.2, 0.25) is 5.91 Å². The summed E-state index contributed by atoms with van der Waals surface area (Å²) in [5.41, 5.74) is 1.03. The Morgan fingerprint density at radius 2 is 2.04 bits per heavy atom. The number of hydrogen-bond acceptors (Lipinski definition) is 6. The number of benzene rings is 1. The van der Waals surface area contributed by atoms with Crippen LogP contribution in [0.15, 0.2) is 52.2 Å². The number of rotatable bonds is 5. The van der Waals surface area contributed by atoms with Gasteiger partial charge in [-0.05, 0) is 24.3 Å². The maximum Gasteiger partial charge on any atom is 0.277 e. The molecule has 2 aromatic heterocycles. The summed E-state index contributed by atoms with van der Waals surface area (Å²) in [7, 11) is 0. The molecular weight excluding hydrogens is 371 g/mol. The first-order valence-corrected chi connectivity index (χ1v) is 8.49. The van der Waals surface area contributed by atoms with E-state index in [1.54, 1.807) is 36.5 Å². The Bertz CT molecular complexity index is 858. The van der Waals surface area contributed by atoms with Crippen molar-refractivity contribution in [2.24, 2.45) is 0 Å². The van der Waals surface area contributed by atoms with Crippen molar-refractivity contribution in [2.75, 3.05) is 11.1 Å². The van der Waals surface area contributed by atoms with Crippen molar-refractivity contribution in [3.05, 3.63) is 52.6 Å². The lowest BCUT2D eigenvalue weighted by Gasteiger charge is -2.07. The predicted molar refractivity (Wildman–Crippen MR) is 93.3 cm³/mol. The van der Waals surface area contributed by atoms with Gasteiger partial charge in [-0.1, -0.05) is 47.1 Å². The van der Waals surface area contributed by atoms with Crippen LogP contribution in [0.1, 0.15) is 0 Å². The van der Waals surface area contributed by atoms with Gasteiger partial charge in [0.1, 0.15) is 5.69 Å². The molecule has 9 heteroatoms. The molecule has 0 radical (unpaired) electrons. The van der Waals surface area contributed by atoms with Crippen LogP contribution in [0, 0.1) is 0 Å². The average molecular weight is 381 g/mol. The lowest BCUT2D eigenvalue weighted by molar-refractivity contribution is -0.113. The molecule has 0 bridgehead atoms. The number of nitrogens with one attached hydrogen (secondary N) is 1. The van der Waals surface area contributed by atoms with Crippen LogP contribution < -0.4 is 5.32 Å². The molecule has 1 amide bonds. The number of thioether (sulfide) groups is 1. The van der Waals surface area contributed by atoms with Crippen molar-refractivity contribution in [1.29, 1.82) is 0 Å². The lowest BCUT2D eigenvalue weighted by Crippen LogP contribution is -2.14. The summed E-state index contributed by atoms with van der Waals surface area (Å²) >= 11 is 13.0. The van der Waals surface area contributed by atoms with Gasteiger partial charge in [0.25, 0.3) is 11.1 Å². The minimum atomic E-state index is -0.262. The Labute approximate surface area is 151 Å². The molecule has 0 aliphatic carbocycles. The zero-order chi connectivity index (χ0) is 16.9. The second-order valence-electron chi connectivity index (χ2n) is 4.53. The molecule has 6 nitrogen and oxygen atoms in total. The summed E-state index contributed by atoms with van der Waals surface area (Å²) in [5.74, 6) is 0.130. The van der Waals surface area contributed by atoms with Gasteiger partial charge in [0.05, 0.1) is 21.5 Å². The van der Waals surface area contributed by atoms with Crippen molar-refractivity contribution in [3.63, 3.8) is 0 Å². The van der Waals surface area contributed by atoms with Gasteiger partial charge in [-0.25, -0.2) is 0 Å². The average Bonchev–Trinajstić information content (AvgIpc) is 3.07. The Kier molecular flexibility index (Phi) is 5.34. The second kappa shape index (κ2) is 7.65. The quantitative estimate of drug-likeness (QED) is 0.668. The highest BCUT2D eigenvalue weighted by Crippen LogP contribution is 2.30. The van der Waals surface area contributed by atoms with Crippen molar-refractivity contribution < 1.29 is 9.21 Å². The third-order valence-electron chi connectivity index (χ3n) is 2.84. The number of nitrogens with zero attached hydrogens (tertiary/aromatic N) is 3. The van der Waals surface area contributed by atoms with E-state index in [0.717, 1.165) is 11.8 Å². The lowest BCUT2D eigenvalue weighted by atomic mass is 10.3. The first-order valence-electron chi connectivity index (χ1n) is 6.75. The van der Waals surface area contributed by atoms with Crippen LogP contribution in [0.3, 0.4) is 0 Å². The molecule has 0 saturated carbocycles. The fraction of sp³-hybridized carbons (Fsp3) is 0.0667. The van der Waals surface area contributed by atoms with Crippen molar-refractivity contribution in [2.45, 2.75) is 5.22 Å². The molecule has 0 unspecified atom stereocenters. The molecule has 3 rings (SSSR count). The first-order chi connectivity index (χ1) is 11.6. The Morgan fingerprint density at radius 3 is 2.83 bits per heavy atom. The monoisotopic (exact) mass is 380 g/mol. The van der Waals surface area contributed by atoms with Crippen molar-refractivity contribution in [3.8, 4) is 11.6 Å². The summed E-state index contributed by atoms with van der Waals surface area (Å²) in [6, 6.07) is 10.4. The van der Waals surface area contributed by atoms with Gasteiger partial charge in [0, 0.05) is 6.20 Å². The highest BCUT2D eigenvalue weighted by molar-refractivity contribution is 7.99. The molecule has 0 aliphatic heterocycles. The van der Waals surface area contributed by atoms with Gasteiger partial charge < -0.3 is 9.73 Å². The molecular formula is C15H10Cl2N4O2S. The number of amides is 1. The van der Waals surface area contributed by atoms with E-state index in [0.29, 0.717) is 27.3 Å². The number of pyridine rings is 1. The SMILES string of the molecule is O=C(CSc1nnc(-c2ccccn2)o1)Nc1cccc(Cl)c1Cl. The highest BCUT2D eigenvalue weighted by atomic mass is 35.5. The number of hydrogen-bond donors (Lipinski definition) is 1. The summed E-state index contributed by atoms with van der Waals surface area (Å²) in [6.07, 6.45) is 1.63. The van der Waals surface area contributed by atoms with E-state index in [9.17, 15) is 4.79 Å². The van der Waals surface area contributed by atoms with Gasteiger partial charge in [0.15, 0.2) is 0 Å². The molecule has 0 aliphatic rings. The van der Waals surface area contributed by atoms with E-state index >= 15 is 0 Å². The predicted octanol–water partition coefficient (Wildman–Crippen LogP) is 4.17. The molecule has 0 spiro atoms. The van der Waals surface area contributed by atoms with Gasteiger partial charge in [-0.15, -0.1) is 10.2 Å². The molecule has 0 saturated heterocycles. The molecule has 1 aromatic carbocycles. The first kappa shape index (κ1) is 16.8. The summed E-state index contributed by atoms with van der Waals surface area (Å²) < 4.78 is 5.46. The van der Waals surface area contributed by atoms with Crippen LogP contribution in [0.2, 0.25) is 10.0 Å². The summed E-state index contributed by atoms with van der Waals surface area (Å²) in [5, 5.41) is 11.4. The molecule has 0 atom stereocenters. The zero-order valence-electron chi connectivity index (χ0n) is 12.1. The third kappa shape index (κ3) is 4.05. The van der Waals surface area contributed by atoms with Crippen LogP contribution in [0.25, 0.3) is 11.6 Å². The highest BCUT2D eigenvalue weighted by Gasteiger charge is 2.13. The van der Waals surface area contributed by atoms with Crippen LogP contribution >= 0.6 is 35.0 Å². The fourth-order valence-corrected chi connectivity index (χ4v) is 2.69. The standard InChI is InChI=1S/C15H10Cl2N4O2S/c16-9-4-3-6-10(13(9)17)19-12(22)8-24-15-21-20-14(23-15)11-5-1-2-7-18-11/h1-7H,8H2,(H,19,22). The van der Waals surface area contributed by atoms with E-state index in [-0.39, 0.29) is 16.9 Å². The molecule has 122 valence electrons. The maximum atomic E-state index is 12.0. The normalized spacial score (nSPS) is 10.6. The van der Waals surface area contributed by atoms with Crippen molar-refractivity contribution in [1.82, 2.24) is 15.2 Å². The Balaban J connectivity index is 1.59. The number of halogens is 2. The summed E-state index contributed by atoms with van der Waals surface area (Å²) in [4.78, 5) is 16.1. The topological polar surface area (TPSA) is 80.9 Å². The maximum absolute atomic E-state index is 12.0. The van der Waals surface area contributed by atoms with Gasteiger partial charge in [-0.2, -0.15) is 0 Å². The van der Waals surface area contributed by atoms with Crippen LogP contribution in [0.4, 0.5) is 5.69 Å². The number of anilines is 1. The zero-order valence-corrected chi connectivity index (χ0v) is 14.4. The molecule has 1 N–H and O–H groups in total. The molecule has 3 aromatic rings. The minimum Gasteiger partial charge on any atom is -0.410 e. The number of carbonyl (C=O) groups is 1.